The van der Waals surface area contributed by atoms with Gasteiger partial charge in [-0.3, -0.25) is 9.59 Å². The number of benzene rings is 2. The molecule has 8 heteroatoms. The van der Waals surface area contributed by atoms with Crippen molar-refractivity contribution in [2.45, 2.75) is 6.92 Å². The molecule has 0 saturated heterocycles. The lowest BCUT2D eigenvalue weighted by Crippen LogP contribution is -2.36. The summed E-state index contributed by atoms with van der Waals surface area (Å²) in [6.07, 6.45) is 1.64. The predicted molar refractivity (Wildman–Crippen MR) is 129 cm³/mol. The molecule has 0 radical (unpaired) electrons. The molecule has 2 N–H and O–H groups in total. The van der Waals surface area contributed by atoms with Gasteiger partial charge in [0.25, 0.3) is 11.8 Å². The van der Waals surface area contributed by atoms with E-state index in [0.717, 1.165) is 16.2 Å². The lowest BCUT2D eigenvalue weighted by molar-refractivity contribution is -0.117. The van der Waals surface area contributed by atoms with E-state index in [0.29, 0.717) is 23.7 Å². The molecule has 1 heterocycles. The van der Waals surface area contributed by atoms with Gasteiger partial charge in [0.15, 0.2) is 11.5 Å². The summed E-state index contributed by atoms with van der Waals surface area (Å²) >= 11 is 1.46. The van der Waals surface area contributed by atoms with Gasteiger partial charge in [0, 0.05) is 10.4 Å². The van der Waals surface area contributed by atoms with Crippen molar-refractivity contribution in [2.24, 2.45) is 0 Å². The van der Waals surface area contributed by atoms with Crippen molar-refractivity contribution in [1.82, 2.24) is 10.6 Å². The van der Waals surface area contributed by atoms with Crippen molar-refractivity contribution in [1.29, 1.82) is 0 Å². The van der Waals surface area contributed by atoms with Gasteiger partial charge in [-0.2, -0.15) is 0 Å². The Kier molecular flexibility index (Phi) is 8.49. The number of thiophene rings is 1. The van der Waals surface area contributed by atoms with E-state index in [1.807, 2.05) is 48.7 Å². The van der Waals surface area contributed by atoms with Crippen LogP contribution in [0.25, 0.3) is 6.08 Å². The number of hydrogen-bond acceptors (Lipinski definition) is 6. The van der Waals surface area contributed by atoms with Gasteiger partial charge in [0.1, 0.15) is 18.1 Å². The Balaban J connectivity index is 1.67. The number of aryl methyl sites for hydroxylation is 1. The van der Waals surface area contributed by atoms with E-state index in [4.69, 9.17) is 14.2 Å². The molecule has 0 fully saturated rings. The van der Waals surface area contributed by atoms with Crippen LogP contribution in [0.1, 0.15) is 20.8 Å². The molecule has 0 unspecified atom stereocenters. The van der Waals surface area contributed by atoms with Crippen LogP contribution in [0.3, 0.4) is 0 Å². The Morgan fingerprint density at radius 3 is 2.52 bits per heavy atom. The second-order valence-corrected chi connectivity index (χ2v) is 8.00. The Bertz CT molecular complexity index is 1130. The number of rotatable bonds is 10. The SMILES string of the molecule is COc1ccc(C(=O)N/C(=C\c2cccs2)C(=O)NCCOc2cccc(C)c2)cc1OC. The molecule has 3 aromatic rings. The lowest BCUT2D eigenvalue weighted by Gasteiger charge is -2.13. The highest BCUT2D eigenvalue weighted by molar-refractivity contribution is 7.10. The van der Waals surface area contributed by atoms with Crippen LogP contribution in [0, 0.1) is 6.92 Å². The van der Waals surface area contributed by atoms with E-state index in [9.17, 15) is 9.59 Å². The topological polar surface area (TPSA) is 85.9 Å². The van der Waals surface area contributed by atoms with Crippen molar-refractivity contribution >= 4 is 29.2 Å². The molecule has 0 aliphatic carbocycles. The normalized spacial score (nSPS) is 10.9. The molecule has 0 saturated carbocycles. The summed E-state index contributed by atoms with van der Waals surface area (Å²) in [6.45, 7) is 2.56. The standard InChI is InChI=1S/C25H26N2O5S/c1-17-6-4-7-19(14-17)32-12-11-26-25(29)21(16-20-8-5-13-33-20)27-24(28)18-9-10-22(30-2)23(15-18)31-3/h4-10,13-16H,11-12H2,1-3H3,(H,26,29)(H,27,28)/b21-16-. The van der Waals surface area contributed by atoms with E-state index in [2.05, 4.69) is 10.6 Å². The molecule has 0 bridgehead atoms. The predicted octanol–water partition coefficient (Wildman–Crippen LogP) is 4.04. The Hall–Kier alpha value is -3.78. The first-order chi connectivity index (χ1) is 16.0. The molecule has 1 aromatic heterocycles. The van der Waals surface area contributed by atoms with Crippen molar-refractivity contribution in [3.8, 4) is 17.2 Å². The minimum atomic E-state index is -0.440. The highest BCUT2D eigenvalue weighted by Crippen LogP contribution is 2.27. The molecule has 0 aliphatic rings. The van der Waals surface area contributed by atoms with Gasteiger partial charge < -0.3 is 24.8 Å². The van der Waals surface area contributed by atoms with Gasteiger partial charge in [0.2, 0.25) is 0 Å². The van der Waals surface area contributed by atoms with Crippen LogP contribution >= 0.6 is 11.3 Å². The van der Waals surface area contributed by atoms with E-state index in [-0.39, 0.29) is 12.2 Å². The van der Waals surface area contributed by atoms with Gasteiger partial charge in [0.05, 0.1) is 20.8 Å². The number of methoxy groups -OCH3 is 2. The molecule has 3 rings (SSSR count). The zero-order valence-electron chi connectivity index (χ0n) is 18.7. The maximum Gasteiger partial charge on any atom is 0.267 e. The second-order valence-electron chi connectivity index (χ2n) is 7.02. The highest BCUT2D eigenvalue weighted by atomic mass is 32.1. The van der Waals surface area contributed by atoms with Gasteiger partial charge in [-0.05, 0) is 60.3 Å². The lowest BCUT2D eigenvalue weighted by atomic mass is 10.1. The summed E-state index contributed by atoms with van der Waals surface area (Å²) in [5, 5.41) is 7.39. The van der Waals surface area contributed by atoms with Crippen LogP contribution in [-0.4, -0.2) is 39.2 Å². The van der Waals surface area contributed by atoms with Crippen LogP contribution in [0.15, 0.2) is 65.7 Å². The van der Waals surface area contributed by atoms with Gasteiger partial charge in [-0.25, -0.2) is 0 Å². The number of ether oxygens (including phenoxy) is 3. The summed E-state index contributed by atoms with van der Waals surface area (Å²) in [6, 6.07) is 16.2. The van der Waals surface area contributed by atoms with Gasteiger partial charge in [-0.15, -0.1) is 11.3 Å². The van der Waals surface area contributed by atoms with Crippen LogP contribution in [-0.2, 0) is 4.79 Å². The van der Waals surface area contributed by atoms with Crippen molar-refractivity contribution in [3.05, 3.63) is 81.7 Å². The quantitative estimate of drug-likeness (QED) is 0.348. The fourth-order valence-electron chi connectivity index (χ4n) is 2.98. The summed E-state index contributed by atoms with van der Waals surface area (Å²) in [4.78, 5) is 26.5. The zero-order valence-corrected chi connectivity index (χ0v) is 19.5. The smallest absolute Gasteiger partial charge is 0.267 e. The maximum atomic E-state index is 12.9. The van der Waals surface area contributed by atoms with Crippen molar-refractivity contribution < 1.29 is 23.8 Å². The third-order valence-electron chi connectivity index (χ3n) is 4.61. The van der Waals surface area contributed by atoms with Crippen LogP contribution in [0.4, 0.5) is 0 Å². The van der Waals surface area contributed by atoms with Crippen LogP contribution in [0.2, 0.25) is 0 Å². The molecule has 0 aliphatic heterocycles. The molecule has 2 amide bonds. The minimum Gasteiger partial charge on any atom is -0.493 e. The largest absolute Gasteiger partial charge is 0.493 e. The number of hydrogen-bond donors (Lipinski definition) is 2. The summed E-state index contributed by atoms with van der Waals surface area (Å²) in [5.74, 6) is 0.816. The Morgan fingerprint density at radius 1 is 1.00 bits per heavy atom. The van der Waals surface area contributed by atoms with Crippen molar-refractivity contribution in [3.63, 3.8) is 0 Å². The van der Waals surface area contributed by atoms with E-state index in [1.165, 1.54) is 25.6 Å². The average Bonchev–Trinajstić information content (AvgIpc) is 3.34. The van der Waals surface area contributed by atoms with Crippen LogP contribution in [0.5, 0.6) is 17.2 Å². The summed E-state index contributed by atoms with van der Waals surface area (Å²) < 4.78 is 16.1. The fraction of sp³-hybridized carbons (Fsp3) is 0.200. The first kappa shape index (κ1) is 23.9. The van der Waals surface area contributed by atoms with Crippen molar-refractivity contribution in [2.75, 3.05) is 27.4 Å². The molecule has 172 valence electrons. The first-order valence-corrected chi connectivity index (χ1v) is 11.1. The molecule has 2 aromatic carbocycles. The summed E-state index contributed by atoms with van der Waals surface area (Å²) in [7, 11) is 3.01. The van der Waals surface area contributed by atoms with Gasteiger partial charge >= 0.3 is 0 Å². The average molecular weight is 467 g/mol. The van der Waals surface area contributed by atoms with E-state index in [1.54, 1.807) is 24.3 Å². The number of nitrogens with one attached hydrogen (secondary N) is 2. The zero-order chi connectivity index (χ0) is 23.6. The molecular formula is C25H26N2O5S. The fourth-order valence-corrected chi connectivity index (χ4v) is 3.64. The second kappa shape index (κ2) is 11.7. The number of amides is 2. The first-order valence-electron chi connectivity index (χ1n) is 10.3. The molecule has 0 atom stereocenters. The Morgan fingerprint density at radius 2 is 1.82 bits per heavy atom. The monoisotopic (exact) mass is 466 g/mol. The molecular weight excluding hydrogens is 440 g/mol. The molecule has 33 heavy (non-hydrogen) atoms. The number of carbonyl (C=O) groups excluding carboxylic acids is 2. The number of carbonyl (C=O) groups is 2. The minimum absolute atomic E-state index is 0.132. The van der Waals surface area contributed by atoms with Gasteiger partial charge in [-0.1, -0.05) is 18.2 Å². The third kappa shape index (κ3) is 6.85. The summed E-state index contributed by atoms with van der Waals surface area (Å²) in [5.41, 5.74) is 1.56. The van der Waals surface area contributed by atoms with Crippen LogP contribution < -0.4 is 24.8 Å². The maximum absolute atomic E-state index is 12.9. The molecule has 7 nitrogen and oxygen atoms in total. The highest BCUT2D eigenvalue weighted by Gasteiger charge is 2.16. The molecule has 0 spiro atoms. The van der Waals surface area contributed by atoms with E-state index < -0.39 is 11.8 Å². The van der Waals surface area contributed by atoms with E-state index >= 15 is 0 Å². The Labute approximate surface area is 197 Å². The third-order valence-corrected chi connectivity index (χ3v) is 5.43.